The van der Waals surface area contributed by atoms with Crippen LogP contribution in [0.15, 0.2) is 109 Å². The number of nitriles is 1. The predicted molar refractivity (Wildman–Crippen MR) is 160 cm³/mol. The molecule has 0 saturated carbocycles. The monoisotopic (exact) mass is 576 g/mol. The summed E-state index contributed by atoms with van der Waals surface area (Å²) in [5.74, 6) is 1.19. The summed E-state index contributed by atoms with van der Waals surface area (Å²) in [5, 5.41) is 9.59. The molecule has 1 aromatic heterocycles. The summed E-state index contributed by atoms with van der Waals surface area (Å²) in [5.41, 5.74) is 3.45. The summed E-state index contributed by atoms with van der Waals surface area (Å²) in [6.07, 6.45) is -0.507. The first-order chi connectivity index (χ1) is 20.5. The first-order valence-corrected chi connectivity index (χ1v) is 13.3. The van der Waals surface area contributed by atoms with Gasteiger partial charge in [0.2, 0.25) is 5.88 Å². The number of ether oxygens (including phenoxy) is 3. The molecule has 0 aliphatic heterocycles. The summed E-state index contributed by atoms with van der Waals surface area (Å²) in [4.78, 5) is 23.0. The highest BCUT2D eigenvalue weighted by Crippen LogP contribution is 2.34. The average molecular weight is 577 g/mol. The van der Waals surface area contributed by atoms with Crippen LogP contribution >= 0.6 is 11.6 Å². The fraction of sp³-hybridized carbons (Fsp3) is 0.0909. The predicted octanol–water partition coefficient (Wildman–Crippen LogP) is 7.81. The maximum absolute atomic E-state index is 12.7. The Bertz CT molecular complexity index is 1730. The number of hydrogen-bond donors (Lipinski definition) is 0. The zero-order valence-electron chi connectivity index (χ0n) is 22.6. The molecule has 0 unspecified atom stereocenters. The molecule has 42 heavy (non-hydrogen) atoms. The van der Waals surface area contributed by atoms with Crippen LogP contribution in [-0.2, 0) is 18.0 Å². The van der Waals surface area contributed by atoms with Crippen LogP contribution in [0.2, 0.25) is 5.15 Å². The van der Waals surface area contributed by atoms with Gasteiger partial charge in [-0.1, -0.05) is 84.4 Å². The molecule has 0 N–H and O–H groups in total. The van der Waals surface area contributed by atoms with Gasteiger partial charge in [-0.05, 0) is 35.4 Å². The molecular weight excluding hydrogens is 552 g/mol. The highest BCUT2D eigenvalue weighted by atomic mass is 35.5. The third-order valence-corrected chi connectivity index (χ3v) is 6.36. The number of carbonyl (C=O) groups excluding carboxylic acids is 1. The van der Waals surface area contributed by atoms with Crippen molar-refractivity contribution in [2.45, 2.75) is 13.2 Å². The molecule has 8 nitrogen and oxygen atoms in total. The van der Waals surface area contributed by atoms with Crippen molar-refractivity contribution >= 4 is 23.4 Å². The van der Waals surface area contributed by atoms with E-state index in [0.717, 1.165) is 11.1 Å². The zero-order chi connectivity index (χ0) is 29.3. The lowest BCUT2D eigenvalue weighted by Crippen LogP contribution is -2.26. The lowest BCUT2D eigenvalue weighted by Gasteiger charge is -2.18. The van der Waals surface area contributed by atoms with Crippen LogP contribution in [0, 0.1) is 11.3 Å². The van der Waals surface area contributed by atoms with E-state index in [1.165, 1.54) is 11.0 Å². The molecular formula is C33H25ClN4O4. The smallest absolute Gasteiger partial charge is 0.414 e. The Labute approximate surface area is 248 Å². The quantitative estimate of drug-likeness (QED) is 0.165. The molecule has 9 heteroatoms. The van der Waals surface area contributed by atoms with Crippen molar-refractivity contribution in [3.05, 3.63) is 131 Å². The van der Waals surface area contributed by atoms with Gasteiger partial charge in [0.15, 0.2) is 17.3 Å². The standard InChI is InChI=1S/C33H25ClN4O4/c1-38(33(39)41-22-24-11-6-3-7-12-24)27-14-8-13-26(18-27)32-36-30(34)19-31(37-32)42-29-17-25(20-35)15-16-28(29)40-21-23-9-4-2-5-10-23/h2-19H,21-22H2,1H3. The minimum atomic E-state index is -0.507. The first kappa shape index (κ1) is 28.1. The number of nitrogens with zero attached hydrogens (tertiary/aromatic N) is 4. The molecule has 0 bridgehead atoms. The van der Waals surface area contributed by atoms with Crippen LogP contribution in [0.25, 0.3) is 11.4 Å². The molecule has 0 radical (unpaired) electrons. The minimum absolute atomic E-state index is 0.152. The topological polar surface area (TPSA) is 97.6 Å². The summed E-state index contributed by atoms with van der Waals surface area (Å²) < 4.78 is 17.5. The molecule has 0 spiro atoms. The summed E-state index contributed by atoms with van der Waals surface area (Å²) >= 11 is 6.36. The Morgan fingerprint density at radius 1 is 0.833 bits per heavy atom. The number of hydrogen-bond acceptors (Lipinski definition) is 7. The van der Waals surface area contributed by atoms with E-state index in [-0.39, 0.29) is 23.5 Å². The third kappa shape index (κ3) is 7.22. The van der Waals surface area contributed by atoms with E-state index in [2.05, 4.69) is 16.0 Å². The zero-order valence-corrected chi connectivity index (χ0v) is 23.4. The fourth-order valence-corrected chi connectivity index (χ4v) is 4.15. The number of amides is 1. The van der Waals surface area contributed by atoms with Crippen molar-refractivity contribution < 1.29 is 19.0 Å². The van der Waals surface area contributed by atoms with E-state index in [1.807, 2.05) is 60.7 Å². The van der Waals surface area contributed by atoms with Crippen LogP contribution in [0.3, 0.4) is 0 Å². The van der Waals surface area contributed by atoms with E-state index in [1.54, 1.807) is 49.5 Å². The van der Waals surface area contributed by atoms with Crippen molar-refractivity contribution in [3.63, 3.8) is 0 Å². The second-order valence-electron chi connectivity index (χ2n) is 9.15. The van der Waals surface area contributed by atoms with E-state index >= 15 is 0 Å². The Hall–Kier alpha value is -5.39. The van der Waals surface area contributed by atoms with Gasteiger partial charge < -0.3 is 14.2 Å². The molecule has 5 rings (SSSR count). The molecule has 1 heterocycles. The van der Waals surface area contributed by atoms with Gasteiger partial charge in [-0.25, -0.2) is 9.78 Å². The maximum atomic E-state index is 12.7. The molecule has 5 aromatic rings. The van der Waals surface area contributed by atoms with Gasteiger partial charge in [-0.15, -0.1) is 0 Å². The van der Waals surface area contributed by atoms with Gasteiger partial charge in [0.05, 0.1) is 11.6 Å². The van der Waals surface area contributed by atoms with Crippen LogP contribution < -0.4 is 14.4 Å². The van der Waals surface area contributed by atoms with Gasteiger partial charge in [0.1, 0.15) is 18.4 Å². The summed E-state index contributed by atoms with van der Waals surface area (Å²) in [6.45, 7) is 0.471. The van der Waals surface area contributed by atoms with Crippen molar-refractivity contribution in [2.24, 2.45) is 0 Å². The van der Waals surface area contributed by atoms with Gasteiger partial charge in [0, 0.05) is 30.4 Å². The number of rotatable bonds is 9. The van der Waals surface area contributed by atoms with Crippen molar-refractivity contribution in [1.82, 2.24) is 9.97 Å². The fourth-order valence-electron chi connectivity index (χ4n) is 3.98. The minimum Gasteiger partial charge on any atom is -0.485 e. The largest absolute Gasteiger partial charge is 0.485 e. The lowest BCUT2D eigenvalue weighted by molar-refractivity contribution is 0.148. The molecule has 0 atom stereocenters. The Morgan fingerprint density at radius 3 is 2.26 bits per heavy atom. The molecule has 0 aliphatic carbocycles. The van der Waals surface area contributed by atoms with E-state index < -0.39 is 6.09 Å². The Balaban J connectivity index is 1.35. The molecule has 0 aliphatic rings. The van der Waals surface area contributed by atoms with Gasteiger partial charge in [-0.3, -0.25) is 4.90 Å². The van der Waals surface area contributed by atoms with Gasteiger partial charge in [-0.2, -0.15) is 10.2 Å². The van der Waals surface area contributed by atoms with Crippen LogP contribution in [0.4, 0.5) is 10.5 Å². The molecule has 0 saturated heterocycles. The molecule has 208 valence electrons. The number of benzene rings is 4. The molecule has 4 aromatic carbocycles. The summed E-state index contributed by atoms with van der Waals surface area (Å²) in [7, 11) is 1.62. The average Bonchev–Trinajstić information content (AvgIpc) is 3.03. The SMILES string of the molecule is CN(C(=O)OCc1ccccc1)c1cccc(-c2nc(Cl)cc(Oc3cc(C#N)ccc3OCc3ccccc3)n2)c1. The Morgan fingerprint density at radius 2 is 1.55 bits per heavy atom. The molecule has 1 amide bonds. The number of aromatic nitrogens is 2. The van der Waals surface area contributed by atoms with Crippen molar-refractivity contribution in [1.29, 1.82) is 5.26 Å². The van der Waals surface area contributed by atoms with Gasteiger partial charge >= 0.3 is 6.09 Å². The Kier molecular flexibility index (Phi) is 8.92. The van der Waals surface area contributed by atoms with E-state index in [9.17, 15) is 10.1 Å². The summed E-state index contributed by atoms with van der Waals surface area (Å²) in [6, 6.07) is 34.7. The number of anilines is 1. The molecule has 0 fully saturated rings. The van der Waals surface area contributed by atoms with E-state index in [4.69, 9.17) is 25.8 Å². The second kappa shape index (κ2) is 13.3. The highest BCUT2D eigenvalue weighted by molar-refractivity contribution is 6.29. The van der Waals surface area contributed by atoms with E-state index in [0.29, 0.717) is 34.9 Å². The highest BCUT2D eigenvalue weighted by Gasteiger charge is 2.16. The number of carbonyl (C=O) groups is 1. The van der Waals surface area contributed by atoms with Gasteiger partial charge in [0.25, 0.3) is 0 Å². The van der Waals surface area contributed by atoms with Crippen LogP contribution in [0.5, 0.6) is 17.4 Å². The van der Waals surface area contributed by atoms with Crippen molar-refractivity contribution in [2.75, 3.05) is 11.9 Å². The second-order valence-corrected chi connectivity index (χ2v) is 9.54. The normalized spacial score (nSPS) is 10.4. The lowest BCUT2D eigenvalue weighted by atomic mass is 10.2. The maximum Gasteiger partial charge on any atom is 0.414 e. The van der Waals surface area contributed by atoms with Crippen molar-refractivity contribution in [3.8, 4) is 34.8 Å². The van der Waals surface area contributed by atoms with Crippen LogP contribution in [0.1, 0.15) is 16.7 Å². The first-order valence-electron chi connectivity index (χ1n) is 13.0. The third-order valence-electron chi connectivity index (χ3n) is 6.17. The number of halogens is 1. The van der Waals surface area contributed by atoms with Crippen LogP contribution in [-0.4, -0.2) is 23.1 Å².